The summed E-state index contributed by atoms with van der Waals surface area (Å²) in [5, 5.41) is 0.303. The molecule has 0 aromatic carbocycles. The van der Waals surface area contributed by atoms with E-state index >= 15 is 0 Å². The Morgan fingerprint density at radius 1 is 1.05 bits per heavy atom. The second-order valence-electron chi connectivity index (χ2n) is 4.05. The molecule has 0 fully saturated rings. The van der Waals surface area contributed by atoms with E-state index in [0.717, 1.165) is 0 Å². The first-order chi connectivity index (χ1) is 8.92. The second kappa shape index (κ2) is 9.61. The lowest BCUT2D eigenvalue weighted by Crippen LogP contribution is -2.25. The fourth-order valence-electron chi connectivity index (χ4n) is 1.30. The smallest absolute Gasteiger partial charge is 0.320 e. The standard InChI is InChI=1S/C13H20O5S/c1-9(2)19-11(14)8-6-5-7-10(12(15)17-3)13(16)18-4/h5-6,9-10H,7-8H2,1-4H3/b6-5+. The van der Waals surface area contributed by atoms with Crippen LogP contribution < -0.4 is 0 Å². The molecule has 0 heterocycles. The molecule has 0 bridgehead atoms. The molecule has 0 radical (unpaired) electrons. The summed E-state index contributed by atoms with van der Waals surface area (Å²) in [5.74, 6) is -2.25. The molecule has 0 aliphatic rings. The van der Waals surface area contributed by atoms with Crippen molar-refractivity contribution in [3.8, 4) is 0 Å². The van der Waals surface area contributed by atoms with Crippen molar-refractivity contribution in [1.82, 2.24) is 0 Å². The number of allylic oxidation sites excluding steroid dienone is 2. The Hall–Kier alpha value is -1.30. The van der Waals surface area contributed by atoms with Crippen LogP contribution in [-0.4, -0.2) is 36.5 Å². The van der Waals surface area contributed by atoms with Crippen LogP contribution in [0, 0.1) is 5.92 Å². The zero-order valence-electron chi connectivity index (χ0n) is 11.7. The van der Waals surface area contributed by atoms with E-state index in [2.05, 4.69) is 9.47 Å². The molecule has 0 aliphatic carbocycles. The average Bonchev–Trinajstić information content (AvgIpc) is 2.36. The molecule has 0 atom stereocenters. The highest BCUT2D eigenvalue weighted by Crippen LogP contribution is 2.14. The van der Waals surface area contributed by atoms with Gasteiger partial charge in [0.05, 0.1) is 14.2 Å². The predicted octanol–water partition coefficient (Wildman–Crippen LogP) is 1.95. The van der Waals surface area contributed by atoms with Crippen LogP contribution in [0.4, 0.5) is 0 Å². The van der Waals surface area contributed by atoms with Gasteiger partial charge in [-0.3, -0.25) is 14.4 Å². The van der Waals surface area contributed by atoms with Crippen molar-refractivity contribution in [3.05, 3.63) is 12.2 Å². The molecule has 19 heavy (non-hydrogen) atoms. The van der Waals surface area contributed by atoms with Crippen LogP contribution in [0.15, 0.2) is 12.2 Å². The van der Waals surface area contributed by atoms with Crippen LogP contribution in [0.1, 0.15) is 26.7 Å². The second-order valence-corrected chi connectivity index (χ2v) is 5.68. The van der Waals surface area contributed by atoms with Crippen LogP contribution in [0.5, 0.6) is 0 Å². The van der Waals surface area contributed by atoms with Crippen LogP contribution in [0.2, 0.25) is 0 Å². The fourth-order valence-corrected chi connectivity index (χ4v) is 2.01. The maximum absolute atomic E-state index is 11.4. The third-order valence-corrected chi connectivity index (χ3v) is 3.06. The minimum Gasteiger partial charge on any atom is -0.468 e. The summed E-state index contributed by atoms with van der Waals surface area (Å²) in [7, 11) is 2.43. The van der Waals surface area contributed by atoms with Gasteiger partial charge in [-0.25, -0.2) is 0 Å². The maximum atomic E-state index is 11.4. The van der Waals surface area contributed by atoms with Crippen LogP contribution in [-0.2, 0) is 23.9 Å². The third-order valence-electron chi connectivity index (χ3n) is 2.16. The zero-order valence-corrected chi connectivity index (χ0v) is 12.5. The van der Waals surface area contributed by atoms with Crippen molar-refractivity contribution in [1.29, 1.82) is 0 Å². The van der Waals surface area contributed by atoms with Crippen LogP contribution in [0.25, 0.3) is 0 Å². The van der Waals surface area contributed by atoms with Gasteiger partial charge < -0.3 is 9.47 Å². The summed E-state index contributed by atoms with van der Waals surface area (Å²) in [4.78, 5) is 34.1. The minimum absolute atomic E-state index is 0.0546. The van der Waals surface area contributed by atoms with Gasteiger partial charge in [-0.2, -0.15) is 0 Å². The summed E-state index contributed by atoms with van der Waals surface area (Å²) in [6.45, 7) is 3.88. The molecule has 0 saturated carbocycles. The summed E-state index contributed by atoms with van der Waals surface area (Å²) >= 11 is 1.26. The average molecular weight is 288 g/mol. The Balaban J connectivity index is 4.28. The normalized spacial score (nSPS) is 11.1. The number of hydrogen-bond donors (Lipinski definition) is 0. The van der Waals surface area contributed by atoms with E-state index in [1.807, 2.05) is 13.8 Å². The van der Waals surface area contributed by atoms with Gasteiger partial charge in [-0.05, 0) is 6.42 Å². The van der Waals surface area contributed by atoms with E-state index in [0.29, 0.717) is 0 Å². The number of methoxy groups -OCH3 is 2. The summed E-state index contributed by atoms with van der Waals surface area (Å²) in [5.41, 5.74) is 0. The first-order valence-corrected chi connectivity index (χ1v) is 6.80. The quantitative estimate of drug-likeness (QED) is 0.405. The van der Waals surface area contributed by atoms with E-state index < -0.39 is 17.9 Å². The highest BCUT2D eigenvalue weighted by molar-refractivity contribution is 8.14. The molecule has 0 unspecified atom stereocenters. The largest absolute Gasteiger partial charge is 0.468 e. The Morgan fingerprint density at radius 3 is 2.00 bits per heavy atom. The SMILES string of the molecule is COC(=O)C(C/C=C/CC(=O)SC(C)C)C(=O)OC. The molecule has 0 N–H and O–H groups in total. The number of thioether (sulfide) groups is 1. The van der Waals surface area contributed by atoms with Crippen molar-refractivity contribution in [2.75, 3.05) is 14.2 Å². The lowest BCUT2D eigenvalue weighted by molar-refractivity contribution is -0.158. The molecule has 0 saturated heterocycles. The third kappa shape index (κ3) is 7.66. The van der Waals surface area contributed by atoms with Crippen molar-refractivity contribution in [3.63, 3.8) is 0 Å². The number of esters is 2. The van der Waals surface area contributed by atoms with Gasteiger partial charge in [-0.15, -0.1) is 0 Å². The fraction of sp³-hybridized carbons (Fsp3) is 0.615. The topological polar surface area (TPSA) is 69.7 Å². The first-order valence-electron chi connectivity index (χ1n) is 5.92. The van der Waals surface area contributed by atoms with Crippen LogP contribution in [0.3, 0.4) is 0 Å². The van der Waals surface area contributed by atoms with E-state index in [4.69, 9.17) is 0 Å². The van der Waals surface area contributed by atoms with Gasteiger partial charge in [0.15, 0.2) is 11.0 Å². The maximum Gasteiger partial charge on any atom is 0.320 e. The van der Waals surface area contributed by atoms with Crippen molar-refractivity contribution in [2.24, 2.45) is 5.92 Å². The Kier molecular flexibility index (Phi) is 8.95. The van der Waals surface area contributed by atoms with Gasteiger partial charge in [0.25, 0.3) is 0 Å². The van der Waals surface area contributed by atoms with Gasteiger partial charge in [0, 0.05) is 11.7 Å². The molecule has 0 amide bonds. The Morgan fingerprint density at radius 2 is 1.58 bits per heavy atom. The van der Waals surface area contributed by atoms with E-state index in [9.17, 15) is 14.4 Å². The number of carbonyl (C=O) groups excluding carboxylic acids is 3. The minimum atomic E-state index is -0.973. The van der Waals surface area contributed by atoms with Gasteiger partial charge in [0.1, 0.15) is 0 Å². The monoisotopic (exact) mass is 288 g/mol. The molecule has 6 heteroatoms. The number of ether oxygens (including phenoxy) is 2. The highest BCUT2D eigenvalue weighted by Gasteiger charge is 2.27. The number of rotatable bonds is 7. The Bertz CT molecular complexity index is 333. The lowest BCUT2D eigenvalue weighted by Gasteiger charge is -2.09. The zero-order chi connectivity index (χ0) is 14.8. The lowest BCUT2D eigenvalue weighted by atomic mass is 10.1. The van der Waals surface area contributed by atoms with E-state index in [-0.39, 0.29) is 23.2 Å². The predicted molar refractivity (Wildman–Crippen MR) is 73.6 cm³/mol. The molecular weight excluding hydrogens is 268 g/mol. The van der Waals surface area contributed by atoms with Crippen LogP contribution >= 0.6 is 11.8 Å². The van der Waals surface area contributed by atoms with Gasteiger partial charge in [-0.1, -0.05) is 37.8 Å². The van der Waals surface area contributed by atoms with E-state index in [1.54, 1.807) is 12.2 Å². The summed E-state index contributed by atoms with van der Waals surface area (Å²) in [6, 6.07) is 0. The van der Waals surface area contributed by atoms with Crippen molar-refractivity contribution >= 4 is 28.8 Å². The molecule has 108 valence electrons. The molecular formula is C13H20O5S. The number of hydrogen-bond acceptors (Lipinski definition) is 6. The van der Waals surface area contributed by atoms with Crippen molar-refractivity contribution in [2.45, 2.75) is 31.9 Å². The van der Waals surface area contributed by atoms with Gasteiger partial charge >= 0.3 is 11.9 Å². The van der Waals surface area contributed by atoms with E-state index in [1.165, 1.54) is 26.0 Å². The molecule has 0 aliphatic heterocycles. The molecule has 5 nitrogen and oxygen atoms in total. The Labute approximate surface area is 117 Å². The van der Waals surface area contributed by atoms with Crippen molar-refractivity contribution < 1.29 is 23.9 Å². The summed E-state index contributed by atoms with van der Waals surface area (Å²) in [6.07, 6.45) is 3.71. The molecule has 0 rings (SSSR count). The van der Waals surface area contributed by atoms with Gasteiger partial charge in [0.2, 0.25) is 0 Å². The summed E-state index contributed by atoms with van der Waals surface area (Å²) < 4.78 is 9.04. The highest BCUT2D eigenvalue weighted by atomic mass is 32.2. The molecule has 0 aromatic heterocycles. The molecule has 0 aromatic rings. The molecule has 0 spiro atoms. The first kappa shape index (κ1) is 17.7. The number of carbonyl (C=O) groups is 3.